The SMILES string of the molecule is Cc1cc(-c2cn(-c3ccc(NS(=O)(=O)CCO)cc3N3CCCCCC3)nn2)nc(N2CCC(F)(F)CC2)n1. The third kappa shape index (κ3) is 6.66. The highest BCUT2D eigenvalue weighted by Crippen LogP contribution is 2.32. The first-order valence-corrected chi connectivity index (χ1v) is 15.2. The number of aliphatic hydroxyl groups excluding tert-OH is 1. The topological polar surface area (TPSA) is 129 Å². The molecular weight excluding hydrogens is 542 g/mol. The van der Waals surface area contributed by atoms with Gasteiger partial charge >= 0.3 is 0 Å². The number of nitrogens with one attached hydrogen (secondary N) is 1. The Morgan fingerprint density at radius 1 is 0.950 bits per heavy atom. The quantitative estimate of drug-likeness (QED) is 0.415. The molecule has 1 aromatic carbocycles. The van der Waals surface area contributed by atoms with E-state index >= 15 is 0 Å². The molecule has 0 unspecified atom stereocenters. The third-order valence-corrected chi connectivity index (χ3v) is 8.45. The first-order valence-electron chi connectivity index (χ1n) is 13.5. The van der Waals surface area contributed by atoms with Crippen LogP contribution in [-0.4, -0.2) is 82.9 Å². The van der Waals surface area contributed by atoms with Crippen molar-refractivity contribution in [3.8, 4) is 17.1 Å². The fourth-order valence-electron chi connectivity index (χ4n) is 5.05. The van der Waals surface area contributed by atoms with Crippen molar-refractivity contribution in [1.29, 1.82) is 0 Å². The third-order valence-electron chi connectivity index (χ3n) is 7.18. The van der Waals surface area contributed by atoms with Gasteiger partial charge in [-0.05, 0) is 44.0 Å². The molecule has 0 spiro atoms. The Hall–Kier alpha value is -3.39. The lowest BCUT2D eigenvalue weighted by Crippen LogP contribution is -2.40. The number of nitrogens with zero attached hydrogens (tertiary/aromatic N) is 7. The number of benzene rings is 1. The van der Waals surface area contributed by atoms with E-state index in [1.165, 1.54) is 0 Å². The highest BCUT2D eigenvalue weighted by molar-refractivity contribution is 7.92. The molecule has 5 rings (SSSR count). The molecule has 3 aromatic rings. The van der Waals surface area contributed by atoms with Gasteiger partial charge in [0.05, 0.1) is 41.3 Å². The Bertz CT molecular complexity index is 1430. The highest BCUT2D eigenvalue weighted by Gasteiger charge is 2.35. The molecule has 0 aliphatic carbocycles. The van der Waals surface area contributed by atoms with Crippen LogP contribution in [0.1, 0.15) is 44.2 Å². The van der Waals surface area contributed by atoms with Crippen LogP contribution in [0, 0.1) is 6.92 Å². The van der Waals surface area contributed by atoms with Crippen molar-refractivity contribution in [2.75, 3.05) is 53.1 Å². The fraction of sp³-hybridized carbons (Fsp3) is 0.538. The molecule has 2 N–H and O–H groups in total. The molecule has 0 atom stereocenters. The Labute approximate surface area is 232 Å². The summed E-state index contributed by atoms with van der Waals surface area (Å²) in [4.78, 5) is 13.1. The molecule has 2 aliphatic heterocycles. The van der Waals surface area contributed by atoms with Crippen LogP contribution in [0.2, 0.25) is 0 Å². The molecule has 4 heterocycles. The maximum atomic E-state index is 13.7. The average Bonchev–Trinajstić information content (AvgIpc) is 3.23. The summed E-state index contributed by atoms with van der Waals surface area (Å²) in [6.07, 6.45) is 5.59. The second-order valence-corrected chi connectivity index (χ2v) is 12.2. The Morgan fingerprint density at radius 3 is 2.38 bits per heavy atom. The van der Waals surface area contributed by atoms with Gasteiger partial charge in [0.1, 0.15) is 5.69 Å². The van der Waals surface area contributed by atoms with E-state index in [1.807, 2.05) is 6.92 Å². The first-order chi connectivity index (χ1) is 19.1. The summed E-state index contributed by atoms with van der Waals surface area (Å²) < 4.78 is 56.1. The number of alkyl halides is 2. The standard InChI is InChI=1S/C26H34F2N8O3S/c1-19-16-21(30-25(29-19)35-12-8-26(27,28)9-13-35)22-18-36(33-31-22)23-7-6-20(32-40(38,39)15-14-37)17-24(23)34-10-4-2-3-5-11-34/h6-7,16-18,32,37H,2-5,8-15H2,1H3. The van der Waals surface area contributed by atoms with Crippen molar-refractivity contribution in [2.24, 2.45) is 0 Å². The van der Waals surface area contributed by atoms with Crippen LogP contribution < -0.4 is 14.5 Å². The second kappa shape index (κ2) is 11.6. The monoisotopic (exact) mass is 576 g/mol. The predicted molar refractivity (Wildman–Crippen MR) is 149 cm³/mol. The maximum Gasteiger partial charge on any atom is 0.251 e. The molecule has 216 valence electrons. The van der Waals surface area contributed by atoms with Crippen LogP contribution >= 0.6 is 0 Å². The van der Waals surface area contributed by atoms with Gasteiger partial charge in [0, 0.05) is 44.7 Å². The predicted octanol–water partition coefficient (Wildman–Crippen LogP) is 3.38. The molecule has 11 nitrogen and oxygen atoms in total. The number of hydrogen-bond donors (Lipinski definition) is 2. The molecule has 2 aromatic heterocycles. The number of sulfonamides is 1. The van der Waals surface area contributed by atoms with Crippen molar-refractivity contribution >= 4 is 27.3 Å². The van der Waals surface area contributed by atoms with Crippen LogP contribution in [0.15, 0.2) is 30.5 Å². The number of aliphatic hydroxyl groups is 1. The van der Waals surface area contributed by atoms with E-state index < -0.39 is 22.6 Å². The minimum Gasteiger partial charge on any atom is -0.395 e. The number of rotatable bonds is 8. The molecule has 0 amide bonds. The molecule has 2 aliphatic rings. The molecule has 0 saturated carbocycles. The van der Waals surface area contributed by atoms with Crippen LogP contribution in [0.25, 0.3) is 17.1 Å². The van der Waals surface area contributed by atoms with E-state index in [9.17, 15) is 17.2 Å². The zero-order valence-electron chi connectivity index (χ0n) is 22.4. The van der Waals surface area contributed by atoms with Gasteiger partial charge in [-0.1, -0.05) is 18.1 Å². The van der Waals surface area contributed by atoms with Gasteiger partial charge in [0.15, 0.2) is 0 Å². The second-order valence-electron chi connectivity index (χ2n) is 10.3. The van der Waals surface area contributed by atoms with Crippen molar-refractivity contribution in [3.05, 3.63) is 36.2 Å². The van der Waals surface area contributed by atoms with Crippen molar-refractivity contribution < 1.29 is 22.3 Å². The summed E-state index contributed by atoms with van der Waals surface area (Å²) in [5.74, 6) is -2.66. The summed E-state index contributed by atoms with van der Waals surface area (Å²) in [6.45, 7) is 3.36. The van der Waals surface area contributed by atoms with Crippen molar-refractivity contribution in [1.82, 2.24) is 25.0 Å². The molecule has 2 fully saturated rings. The van der Waals surface area contributed by atoms with E-state index in [2.05, 4.69) is 29.9 Å². The fourth-order valence-corrected chi connectivity index (χ4v) is 5.88. The maximum absolute atomic E-state index is 13.7. The molecule has 2 saturated heterocycles. The molecular formula is C26H34F2N8O3S. The first kappa shape index (κ1) is 28.1. The van der Waals surface area contributed by atoms with Crippen LogP contribution in [0.4, 0.5) is 26.1 Å². The number of halogens is 2. The van der Waals surface area contributed by atoms with E-state index in [-0.39, 0.29) is 31.7 Å². The van der Waals surface area contributed by atoms with E-state index in [0.29, 0.717) is 28.7 Å². The lowest BCUT2D eigenvalue weighted by atomic mass is 10.1. The van der Waals surface area contributed by atoms with E-state index in [1.54, 1.807) is 40.0 Å². The van der Waals surface area contributed by atoms with E-state index in [0.717, 1.165) is 50.1 Å². The molecule has 14 heteroatoms. The summed E-state index contributed by atoms with van der Waals surface area (Å²) in [5, 5.41) is 17.8. The van der Waals surface area contributed by atoms with E-state index in [4.69, 9.17) is 5.11 Å². The van der Waals surface area contributed by atoms with Crippen molar-refractivity contribution in [2.45, 2.75) is 51.4 Å². The van der Waals surface area contributed by atoms with Crippen LogP contribution in [0.3, 0.4) is 0 Å². The highest BCUT2D eigenvalue weighted by atomic mass is 32.2. The van der Waals surface area contributed by atoms with Crippen LogP contribution in [-0.2, 0) is 10.0 Å². The van der Waals surface area contributed by atoms with Gasteiger partial charge in [-0.2, -0.15) is 0 Å². The largest absolute Gasteiger partial charge is 0.395 e. The number of anilines is 3. The van der Waals surface area contributed by atoms with Gasteiger partial charge in [-0.15, -0.1) is 5.10 Å². The van der Waals surface area contributed by atoms with Gasteiger partial charge < -0.3 is 14.9 Å². The zero-order valence-corrected chi connectivity index (χ0v) is 23.2. The lowest BCUT2D eigenvalue weighted by Gasteiger charge is -2.31. The molecule has 40 heavy (non-hydrogen) atoms. The summed E-state index contributed by atoms with van der Waals surface area (Å²) in [7, 11) is -3.69. The lowest BCUT2D eigenvalue weighted by molar-refractivity contribution is -0.0222. The Balaban J connectivity index is 1.46. The minimum absolute atomic E-state index is 0.177. The summed E-state index contributed by atoms with van der Waals surface area (Å²) in [6, 6.07) is 7.02. The Kier molecular flexibility index (Phi) is 8.17. The summed E-state index contributed by atoms with van der Waals surface area (Å²) >= 11 is 0. The van der Waals surface area contributed by atoms with Gasteiger partial charge in [0.25, 0.3) is 5.92 Å². The Morgan fingerprint density at radius 2 is 1.68 bits per heavy atom. The average molecular weight is 577 g/mol. The van der Waals surface area contributed by atoms with Gasteiger partial charge in [-0.3, -0.25) is 4.72 Å². The normalized spacial score (nSPS) is 18.0. The molecule has 0 radical (unpaired) electrons. The van der Waals surface area contributed by atoms with Crippen LogP contribution in [0.5, 0.6) is 0 Å². The summed E-state index contributed by atoms with van der Waals surface area (Å²) in [5.41, 5.74) is 3.68. The van der Waals surface area contributed by atoms with Gasteiger partial charge in [-0.25, -0.2) is 31.8 Å². The number of hydrogen-bond acceptors (Lipinski definition) is 9. The van der Waals surface area contributed by atoms with Crippen molar-refractivity contribution in [3.63, 3.8) is 0 Å². The number of aryl methyl sites for hydroxylation is 1. The smallest absolute Gasteiger partial charge is 0.251 e. The minimum atomic E-state index is -3.69. The number of aromatic nitrogens is 5. The zero-order chi connectivity index (χ0) is 28.3. The van der Waals surface area contributed by atoms with Gasteiger partial charge in [0.2, 0.25) is 16.0 Å². The number of piperidine rings is 1. The molecule has 0 bridgehead atoms.